The maximum absolute atomic E-state index is 11.9. The normalized spacial score (nSPS) is 12.1. The first-order valence-electron chi connectivity index (χ1n) is 11.5. The first kappa shape index (κ1) is 24.1. The van der Waals surface area contributed by atoms with Gasteiger partial charge in [0.1, 0.15) is 5.75 Å². The zero-order chi connectivity index (χ0) is 23.4. The van der Waals surface area contributed by atoms with Crippen LogP contribution in [0.2, 0.25) is 0 Å². The van der Waals surface area contributed by atoms with E-state index in [4.69, 9.17) is 9.47 Å². The first-order valence-corrected chi connectivity index (χ1v) is 12.3. The van der Waals surface area contributed by atoms with Gasteiger partial charge in [-0.05, 0) is 66.8 Å². The number of rotatable bonds is 8. The highest BCUT2D eigenvalue weighted by atomic mass is 32.1. The van der Waals surface area contributed by atoms with Crippen molar-refractivity contribution in [2.24, 2.45) is 0 Å². The molecule has 0 aliphatic rings. The Balaban J connectivity index is 2.23. The molecule has 0 aliphatic carbocycles. The van der Waals surface area contributed by atoms with Crippen molar-refractivity contribution in [1.29, 1.82) is 0 Å². The van der Waals surface area contributed by atoms with Gasteiger partial charge in [0.2, 0.25) is 0 Å². The summed E-state index contributed by atoms with van der Waals surface area (Å²) in [5.41, 5.74) is 5.81. The molecule has 3 aromatic rings. The second-order valence-electron chi connectivity index (χ2n) is 8.64. The highest BCUT2D eigenvalue weighted by Crippen LogP contribution is 2.44. The van der Waals surface area contributed by atoms with Crippen molar-refractivity contribution < 1.29 is 14.3 Å². The van der Waals surface area contributed by atoms with Gasteiger partial charge < -0.3 is 9.47 Å². The van der Waals surface area contributed by atoms with Crippen molar-refractivity contribution >= 4 is 33.0 Å². The number of hydrogen-bond donors (Lipinski definition) is 0. The third-order valence-corrected chi connectivity index (χ3v) is 6.88. The number of thiophene rings is 1. The lowest BCUT2D eigenvalue weighted by atomic mass is 9.89. The first-order chi connectivity index (χ1) is 15.3. The predicted molar refractivity (Wildman–Crippen MR) is 137 cm³/mol. The number of carbonyl (C=O) groups excluding carboxylic acids is 1. The molecule has 4 heteroatoms. The fourth-order valence-electron chi connectivity index (χ4n) is 3.84. The van der Waals surface area contributed by atoms with Crippen LogP contribution in [0.3, 0.4) is 0 Å². The van der Waals surface area contributed by atoms with Gasteiger partial charge in [-0.25, -0.2) is 4.79 Å². The molecule has 3 nitrogen and oxygen atoms in total. The topological polar surface area (TPSA) is 35.5 Å². The standard InChI is InChI=1S/C28H34O3S/c1-8-30-26(29)13-19(7)25-16-20-11-10-12-22(28(20)32-25)24-15-21(17(3)4)14-23(18(5)6)27(24)31-9-2/h10-18H,8-9H2,1-7H3/b19-13+. The molecule has 0 radical (unpaired) electrons. The minimum atomic E-state index is -0.299. The average Bonchev–Trinajstić information content (AvgIpc) is 3.18. The smallest absolute Gasteiger partial charge is 0.331 e. The van der Waals surface area contributed by atoms with E-state index in [1.165, 1.54) is 26.8 Å². The van der Waals surface area contributed by atoms with Gasteiger partial charge in [-0.1, -0.05) is 52.0 Å². The van der Waals surface area contributed by atoms with Crippen LogP contribution in [-0.2, 0) is 9.53 Å². The Morgan fingerprint density at radius 1 is 1.00 bits per heavy atom. The van der Waals surface area contributed by atoms with Crippen molar-refractivity contribution in [2.45, 2.75) is 60.3 Å². The summed E-state index contributed by atoms with van der Waals surface area (Å²) in [7, 11) is 0. The molecule has 170 valence electrons. The fourth-order valence-corrected chi connectivity index (χ4v) is 5.00. The van der Waals surface area contributed by atoms with Crippen LogP contribution in [0.4, 0.5) is 0 Å². The molecule has 0 saturated carbocycles. The molecule has 0 N–H and O–H groups in total. The van der Waals surface area contributed by atoms with Crippen LogP contribution in [0.25, 0.3) is 26.8 Å². The molecule has 0 spiro atoms. The molecule has 32 heavy (non-hydrogen) atoms. The van der Waals surface area contributed by atoms with Crippen molar-refractivity contribution in [2.75, 3.05) is 13.2 Å². The Kier molecular flexibility index (Phi) is 7.78. The van der Waals surface area contributed by atoms with E-state index in [9.17, 15) is 4.79 Å². The highest BCUT2D eigenvalue weighted by molar-refractivity contribution is 7.20. The molecule has 0 aliphatic heterocycles. The Hall–Kier alpha value is -2.59. The van der Waals surface area contributed by atoms with E-state index in [1.807, 2.05) is 20.8 Å². The van der Waals surface area contributed by atoms with Gasteiger partial charge in [-0.2, -0.15) is 0 Å². The van der Waals surface area contributed by atoms with Crippen molar-refractivity contribution in [1.82, 2.24) is 0 Å². The van der Waals surface area contributed by atoms with Crippen LogP contribution in [0.5, 0.6) is 5.75 Å². The van der Waals surface area contributed by atoms with Crippen LogP contribution in [0.1, 0.15) is 76.3 Å². The number of allylic oxidation sites excluding steroid dienone is 1. The summed E-state index contributed by atoms with van der Waals surface area (Å²) in [6.07, 6.45) is 1.58. The monoisotopic (exact) mass is 450 g/mol. The predicted octanol–water partition coefficient (Wildman–Crippen LogP) is 8.18. The third-order valence-electron chi connectivity index (χ3n) is 5.56. The summed E-state index contributed by atoms with van der Waals surface area (Å²) in [6.45, 7) is 15.7. The molecule has 0 bridgehead atoms. The number of carbonyl (C=O) groups is 1. The van der Waals surface area contributed by atoms with Crippen LogP contribution in [0.15, 0.2) is 42.5 Å². The van der Waals surface area contributed by atoms with E-state index in [0.29, 0.717) is 25.0 Å². The zero-order valence-corrected chi connectivity index (χ0v) is 21.1. The van der Waals surface area contributed by atoms with Crippen LogP contribution < -0.4 is 4.74 Å². The lowest BCUT2D eigenvalue weighted by Crippen LogP contribution is -2.03. The lowest BCUT2D eigenvalue weighted by Gasteiger charge is -2.21. The zero-order valence-electron chi connectivity index (χ0n) is 20.2. The van der Waals surface area contributed by atoms with Crippen LogP contribution in [0, 0.1) is 0 Å². The Morgan fingerprint density at radius 3 is 2.38 bits per heavy atom. The molecule has 3 rings (SSSR count). The molecule has 1 heterocycles. The lowest BCUT2D eigenvalue weighted by molar-refractivity contribution is -0.137. The molecule has 0 unspecified atom stereocenters. The van der Waals surface area contributed by atoms with E-state index >= 15 is 0 Å². The van der Waals surface area contributed by atoms with E-state index < -0.39 is 0 Å². The summed E-state index contributed by atoms with van der Waals surface area (Å²) in [5.74, 6) is 1.47. The van der Waals surface area contributed by atoms with Gasteiger partial charge in [0.25, 0.3) is 0 Å². The van der Waals surface area contributed by atoms with Gasteiger partial charge in [0.15, 0.2) is 0 Å². The summed E-state index contributed by atoms with van der Waals surface area (Å²) in [6, 6.07) is 13.2. The van der Waals surface area contributed by atoms with Gasteiger partial charge in [0.05, 0.1) is 13.2 Å². The maximum Gasteiger partial charge on any atom is 0.331 e. The van der Waals surface area contributed by atoms with Crippen molar-refractivity contribution in [3.63, 3.8) is 0 Å². The fraction of sp³-hybridized carbons (Fsp3) is 0.393. The molecule has 0 atom stereocenters. The van der Waals surface area contributed by atoms with Crippen LogP contribution in [-0.4, -0.2) is 19.2 Å². The van der Waals surface area contributed by atoms with Crippen molar-refractivity contribution in [3.05, 3.63) is 58.5 Å². The summed E-state index contributed by atoms with van der Waals surface area (Å²) < 4.78 is 12.5. The van der Waals surface area contributed by atoms with Gasteiger partial charge >= 0.3 is 5.97 Å². The Labute approximate surface area is 196 Å². The highest BCUT2D eigenvalue weighted by Gasteiger charge is 2.20. The van der Waals surface area contributed by atoms with Crippen molar-refractivity contribution in [3.8, 4) is 16.9 Å². The number of esters is 1. The summed E-state index contributed by atoms with van der Waals surface area (Å²) >= 11 is 1.71. The summed E-state index contributed by atoms with van der Waals surface area (Å²) in [5, 5.41) is 1.17. The largest absolute Gasteiger partial charge is 0.493 e. The molecular formula is C28H34O3S. The SMILES string of the molecule is CCOC(=O)/C=C(\C)c1cc2cccc(-c3cc(C(C)C)cc(C(C)C)c3OCC)c2s1. The quantitative estimate of drug-likeness (QED) is 0.256. The number of benzene rings is 2. The second-order valence-corrected chi connectivity index (χ2v) is 9.70. The van der Waals surface area contributed by atoms with Crippen LogP contribution >= 0.6 is 11.3 Å². The van der Waals surface area contributed by atoms with E-state index in [-0.39, 0.29) is 5.97 Å². The van der Waals surface area contributed by atoms with E-state index in [0.717, 1.165) is 21.8 Å². The van der Waals surface area contributed by atoms with Gasteiger partial charge in [-0.3, -0.25) is 0 Å². The molecule has 1 aromatic heterocycles. The molecule has 0 fully saturated rings. The Bertz CT molecular complexity index is 1140. The van der Waals surface area contributed by atoms with Gasteiger partial charge in [-0.15, -0.1) is 11.3 Å². The number of ether oxygens (including phenoxy) is 2. The minimum absolute atomic E-state index is 0.299. The number of fused-ring (bicyclic) bond motifs is 1. The average molecular weight is 451 g/mol. The van der Waals surface area contributed by atoms with Gasteiger partial charge in [0, 0.05) is 26.8 Å². The molecule has 2 aromatic carbocycles. The third kappa shape index (κ3) is 5.07. The van der Waals surface area contributed by atoms with E-state index in [2.05, 4.69) is 64.1 Å². The minimum Gasteiger partial charge on any atom is -0.493 e. The Morgan fingerprint density at radius 2 is 1.75 bits per heavy atom. The second kappa shape index (κ2) is 10.4. The molecule has 0 amide bonds. The summed E-state index contributed by atoms with van der Waals surface area (Å²) in [4.78, 5) is 13.0. The molecule has 0 saturated heterocycles. The van der Waals surface area contributed by atoms with E-state index in [1.54, 1.807) is 17.4 Å². The molecular weight excluding hydrogens is 416 g/mol. The maximum atomic E-state index is 11.9. The number of hydrogen-bond acceptors (Lipinski definition) is 4.